The van der Waals surface area contributed by atoms with E-state index in [9.17, 15) is 4.79 Å². The van der Waals surface area contributed by atoms with Gasteiger partial charge in [0.25, 0.3) is 0 Å². The van der Waals surface area contributed by atoms with Gasteiger partial charge in [0.05, 0.1) is 5.41 Å². The predicted molar refractivity (Wildman–Crippen MR) is 94.4 cm³/mol. The first kappa shape index (κ1) is 17.2. The van der Waals surface area contributed by atoms with Gasteiger partial charge in [-0.3, -0.25) is 4.79 Å². The molecule has 3 fully saturated rings. The van der Waals surface area contributed by atoms with Gasteiger partial charge in [0, 0.05) is 26.2 Å². The molecule has 0 aromatic rings. The molecule has 1 amide bonds. The summed E-state index contributed by atoms with van der Waals surface area (Å²) in [7, 11) is 0. The third kappa shape index (κ3) is 3.43. The summed E-state index contributed by atoms with van der Waals surface area (Å²) in [5.41, 5.74) is -0.0516. The molecule has 1 N–H and O–H groups in total. The summed E-state index contributed by atoms with van der Waals surface area (Å²) in [6, 6.07) is 0. The molecule has 4 nitrogen and oxygen atoms in total. The van der Waals surface area contributed by atoms with E-state index in [1.807, 2.05) is 0 Å². The van der Waals surface area contributed by atoms with Crippen molar-refractivity contribution in [1.29, 1.82) is 0 Å². The minimum absolute atomic E-state index is 0.0516. The second-order valence-electron chi connectivity index (χ2n) is 7.95. The van der Waals surface area contributed by atoms with E-state index in [1.165, 1.54) is 38.6 Å². The smallest absolute Gasteiger partial charge is 0.230 e. The van der Waals surface area contributed by atoms with Gasteiger partial charge in [0.15, 0.2) is 0 Å². The molecule has 0 bridgehead atoms. The molecular formula is C19H35N3O. The minimum atomic E-state index is -0.0516. The van der Waals surface area contributed by atoms with Crippen molar-refractivity contribution in [2.45, 2.75) is 52.4 Å². The fourth-order valence-electron chi connectivity index (χ4n) is 5.15. The molecule has 1 aliphatic carbocycles. The number of piperidine rings is 1. The summed E-state index contributed by atoms with van der Waals surface area (Å²) in [5, 5.41) is 3.52. The number of likely N-dealkylation sites (tertiary alicyclic amines) is 1. The van der Waals surface area contributed by atoms with Gasteiger partial charge in [-0.15, -0.1) is 0 Å². The lowest BCUT2D eigenvalue weighted by Crippen LogP contribution is -2.52. The Morgan fingerprint density at radius 1 is 1.17 bits per heavy atom. The maximum Gasteiger partial charge on any atom is 0.230 e. The molecule has 0 radical (unpaired) electrons. The lowest BCUT2D eigenvalue weighted by atomic mass is 9.67. The van der Waals surface area contributed by atoms with Gasteiger partial charge < -0.3 is 15.1 Å². The zero-order chi connectivity index (χ0) is 16.3. The van der Waals surface area contributed by atoms with Crippen LogP contribution in [0.25, 0.3) is 0 Å². The molecule has 2 aliphatic heterocycles. The Hall–Kier alpha value is -0.610. The molecule has 23 heavy (non-hydrogen) atoms. The van der Waals surface area contributed by atoms with E-state index in [4.69, 9.17) is 0 Å². The second-order valence-corrected chi connectivity index (χ2v) is 7.95. The van der Waals surface area contributed by atoms with Crippen molar-refractivity contribution in [2.24, 2.45) is 17.3 Å². The Kier molecular flexibility index (Phi) is 5.63. The second kappa shape index (κ2) is 7.52. The van der Waals surface area contributed by atoms with Crippen molar-refractivity contribution in [3.63, 3.8) is 0 Å². The minimum Gasteiger partial charge on any atom is -0.342 e. The summed E-state index contributed by atoms with van der Waals surface area (Å²) in [6.07, 6.45) is 7.29. The molecule has 2 heterocycles. The Labute approximate surface area is 142 Å². The number of hydrogen-bond donors (Lipinski definition) is 1. The van der Waals surface area contributed by atoms with E-state index in [-0.39, 0.29) is 5.41 Å². The lowest BCUT2D eigenvalue weighted by Gasteiger charge is -2.43. The SMILES string of the molecule is CCN(CC)CC1CCN(C(=O)[C@@]23CCCC[C@H]2CNC3)CC1. The molecule has 2 saturated heterocycles. The van der Waals surface area contributed by atoms with Crippen LogP contribution in [-0.2, 0) is 4.79 Å². The normalized spacial score (nSPS) is 32.3. The first-order chi connectivity index (χ1) is 11.2. The average molecular weight is 322 g/mol. The first-order valence-corrected chi connectivity index (χ1v) is 9.92. The fraction of sp³-hybridized carbons (Fsp3) is 0.947. The van der Waals surface area contributed by atoms with Crippen molar-refractivity contribution in [2.75, 3.05) is 45.8 Å². The molecule has 0 aromatic heterocycles. The van der Waals surface area contributed by atoms with Crippen molar-refractivity contribution in [3.8, 4) is 0 Å². The Morgan fingerprint density at radius 3 is 2.61 bits per heavy atom. The Balaban J connectivity index is 1.56. The number of nitrogens with one attached hydrogen (secondary N) is 1. The Morgan fingerprint density at radius 2 is 1.91 bits per heavy atom. The maximum absolute atomic E-state index is 13.3. The highest BCUT2D eigenvalue weighted by molar-refractivity contribution is 5.84. The van der Waals surface area contributed by atoms with Gasteiger partial charge >= 0.3 is 0 Å². The molecule has 0 spiro atoms. The third-order valence-electron chi connectivity index (χ3n) is 6.78. The highest BCUT2D eigenvalue weighted by Crippen LogP contribution is 2.45. The number of carbonyl (C=O) groups excluding carboxylic acids is 1. The van der Waals surface area contributed by atoms with Crippen LogP contribution in [0.15, 0.2) is 0 Å². The summed E-state index contributed by atoms with van der Waals surface area (Å²) in [5.74, 6) is 1.85. The summed E-state index contributed by atoms with van der Waals surface area (Å²) in [4.78, 5) is 18.0. The number of carbonyl (C=O) groups is 1. The molecule has 3 rings (SSSR count). The third-order valence-corrected chi connectivity index (χ3v) is 6.78. The van der Waals surface area contributed by atoms with Gasteiger partial charge in [0.1, 0.15) is 0 Å². The molecule has 132 valence electrons. The van der Waals surface area contributed by atoms with Crippen LogP contribution < -0.4 is 5.32 Å². The summed E-state index contributed by atoms with van der Waals surface area (Å²) < 4.78 is 0. The van der Waals surface area contributed by atoms with Crippen LogP contribution in [0.1, 0.15) is 52.4 Å². The number of fused-ring (bicyclic) bond motifs is 1. The number of nitrogens with zero attached hydrogens (tertiary/aromatic N) is 2. The highest BCUT2D eigenvalue weighted by Gasteiger charge is 2.51. The van der Waals surface area contributed by atoms with E-state index < -0.39 is 0 Å². The van der Waals surface area contributed by atoms with Gasteiger partial charge in [-0.05, 0) is 57.2 Å². The van der Waals surface area contributed by atoms with E-state index in [0.717, 1.165) is 51.6 Å². The quantitative estimate of drug-likeness (QED) is 0.844. The standard InChI is InChI=1S/C19H35N3O/c1-3-21(4-2)14-16-8-11-22(12-9-16)18(23)19-10-6-5-7-17(19)13-20-15-19/h16-17,20H,3-15H2,1-2H3/t17-,19+/m0/s1. The topological polar surface area (TPSA) is 35.6 Å². The molecular weight excluding hydrogens is 286 g/mol. The molecule has 0 unspecified atom stereocenters. The predicted octanol–water partition coefficient (Wildman–Crippen LogP) is 2.35. The number of amides is 1. The maximum atomic E-state index is 13.3. The fourth-order valence-corrected chi connectivity index (χ4v) is 5.15. The number of hydrogen-bond acceptors (Lipinski definition) is 3. The molecule has 0 aromatic carbocycles. The van der Waals surface area contributed by atoms with Crippen LogP contribution in [0.3, 0.4) is 0 Å². The molecule has 4 heteroatoms. The zero-order valence-corrected chi connectivity index (χ0v) is 15.1. The molecule has 1 saturated carbocycles. The van der Waals surface area contributed by atoms with Crippen LogP contribution >= 0.6 is 0 Å². The van der Waals surface area contributed by atoms with Crippen LogP contribution in [0.4, 0.5) is 0 Å². The van der Waals surface area contributed by atoms with E-state index in [1.54, 1.807) is 0 Å². The van der Waals surface area contributed by atoms with Gasteiger partial charge in [-0.1, -0.05) is 26.7 Å². The van der Waals surface area contributed by atoms with Crippen LogP contribution in [0, 0.1) is 17.3 Å². The average Bonchev–Trinajstić information content (AvgIpc) is 3.04. The van der Waals surface area contributed by atoms with E-state index >= 15 is 0 Å². The summed E-state index contributed by atoms with van der Waals surface area (Å²) in [6.45, 7) is 12.0. The van der Waals surface area contributed by atoms with Crippen LogP contribution in [0.2, 0.25) is 0 Å². The lowest BCUT2D eigenvalue weighted by molar-refractivity contribution is -0.147. The van der Waals surface area contributed by atoms with Crippen molar-refractivity contribution in [1.82, 2.24) is 15.1 Å². The van der Waals surface area contributed by atoms with Gasteiger partial charge in [-0.2, -0.15) is 0 Å². The van der Waals surface area contributed by atoms with Crippen molar-refractivity contribution >= 4 is 5.91 Å². The van der Waals surface area contributed by atoms with Gasteiger partial charge in [-0.25, -0.2) is 0 Å². The Bertz CT molecular complexity index is 401. The van der Waals surface area contributed by atoms with Crippen molar-refractivity contribution < 1.29 is 4.79 Å². The highest BCUT2D eigenvalue weighted by atomic mass is 16.2. The van der Waals surface area contributed by atoms with Crippen LogP contribution in [0.5, 0.6) is 0 Å². The van der Waals surface area contributed by atoms with Crippen molar-refractivity contribution in [3.05, 3.63) is 0 Å². The number of rotatable bonds is 5. The summed E-state index contributed by atoms with van der Waals surface area (Å²) >= 11 is 0. The van der Waals surface area contributed by atoms with Crippen LogP contribution in [-0.4, -0.2) is 61.5 Å². The van der Waals surface area contributed by atoms with Gasteiger partial charge in [0.2, 0.25) is 5.91 Å². The first-order valence-electron chi connectivity index (χ1n) is 9.92. The molecule has 2 atom stereocenters. The van der Waals surface area contributed by atoms with E-state index in [2.05, 4.69) is 29.0 Å². The van der Waals surface area contributed by atoms with E-state index in [0.29, 0.717) is 11.8 Å². The monoisotopic (exact) mass is 321 g/mol. The largest absolute Gasteiger partial charge is 0.342 e. The zero-order valence-electron chi connectivity index (χ0n) is 15.1. The molecule has 3 aliphatic rings.